The van der Waals surface area contributed by atoms with Gasteiger partial charge in [0.1, 0.15) is 12.2 Å². The standard InChI is InChI=1S/C24H21F5O4/c1-12(2)22(30)33-24(4,5)15-8-6-14(7-9-15)10-13(3)23(31)32-11-16-17(25)19(27)21(29)20(28)18(16)26/h6-9H,1,3,10-11H2,2,4-5H3. The summed E-state index contributed by atoms with van der Waals surface area (Å²) in [6.07, 6.45) is -0.0117. The molecule has 4 nitrogen and oxygen atoms in total. The first-order valence-corrected chi connectivity index (χ1v) is 9.59. The molecular weight excluding hydrogens is 447 g/mol. The van der Waals surface area contributed by atoms with Gasteiger partial charge in [-0.2, -0.15) is 0 Å². The minimum Gasteiger partial charge on any atom is -0.457 e. The maximum absolute atomic E-state index is 13.7. The molecule has 0 aliphatic carbocycles. The van der Waals surface area contributed by atoms with Crippen LogP contribution < -0.4 is 0 Å². The van der Waals surface area contributed by atoms with Crippen molar-refractivity contribution in [2.45, 2.75) is 39.4 Å². The van der Waals surface area contributed by atoms with Gasteiger partial charge in [-0.05, 0) is 31.9 Å². The summed E-state index contributed by atoms with van der Waals surface area (Å²) in [5, 5.41) is 0. The van der Waals surface area contributed by atoms with Gasteiger partial charge in [0.05, 0.1) is 5.56 Å². The molecule has 0 unspecified atom stereocenters. The predicted molar refractivity (Wildman–Crippen MR) is 109 cm³/mol. The smallest absolute Gasteiger partial charge is 0.334 e. The number of carbonyl (C=O) groups is 2. The van der Waals surface area contributed by atoms with Crippen LogP contribution in [0.1, 0.15) is 37.5 Å². The molecule has 0 spiro atoms. The second-order valence-corrected chi connectivity index (χ2v) is 7.78. The van der Waals surface area contributed by atoms with Crippen molar-refractivity contribution in [3.05, 3.63) is 94.3 Å². The summed E-state index contributed by atoms with van der Waals surface area (Å²) in [6.45, 7) is 10.8. The maximum Gasteiger partial charge on any atom is 0.334 e. The van der Waals surface area contributed by atoms with Crippen molar-refractivity contribution >= 4 is 11.9 Å². The van der Waals surface area contributed by atoms with E-state index in [1.165, 1.54) is 6.92 Å². The number of benzene rings is 2. The van der Waals surface area contributed by atoms with Gasteiger partial charge >= 0.3 is 11.9 Å². The molecule has 0 aliphatic rings. The number of esters is 2. The van der Waals surface area contributed by atoms with E-state index in [0.717, 1.165) is 0 Å². The molecule has 2 aromatic rings. The summed E-state index contributed by atoms with van der Waals surface area (Å²) >= 11 is 0. The number of hydrogen-bond donors (Lipinski definition) is 0. The van der Waals surface area contributed by atoms with E-state index in [1.54, 1.807) is 38.1 Å². The van der Waals surface area contributed by atoms with E-state index in [2.05, 4.69) is 17.9 Å². The molecule has 0 aliphatic heterocycles. The molecule has 2 rings (SSSR count). The molecule has 0 heterocycles. The Labute approximate surface area is 187 Å². The van der Waals surface area contributed by atoms with Crippen LogP contribution in [-0.2, 0) is 37.7 Å². The Morgan fingerprint density at radius 1 is 0.848 bits per heavy atom. The summed E-state index contributed by atoms with van der Waals surface area (Å²) in [4.78, 5) is 23.9. The van der Waals surface area contributed by atoms with Gasteiger partial charge < -0.3 is 9.47 Å². The molecule has 0 atom stereocenters. The molecular formula is C24H21F5O4. The number of rotatable bonds is 8. The fourth-order valence-electron chi connectivity index (χ4n) is 2.74. The van der Waals surface area contributed by atoms with Gasteiger partial charge in [-0.3, -0.25) is 0 Å². The average molecular weight is 468 g/mol. The van der Waals surface area contributed by atoms with Crippen LogP contribution in [0.2, 0.25) is 0 Å². The third kappa shape index (κ3) is 5.85. The third-order valence-electron chi connectivity index (χ3n) is 4.70. The molecule has 0 fully saturated rings. The summed E-state index contributed by atoms with van der Waals surface area (Å²) < 4.78 is 77.0. The van der Waals surface area contributed by atoms with Gasteiger partial charge in [0.15, 0.2) is 23.3 Å². The molecule has 33 heavy (non-hydrogen) atoms. The summed E-state index contributed by atoms with van der Waals surface area (Å²) in [5.41, 5.74) is -0.791. The van der Waals surface area contributed by atoms with E-state index in [9.17, 15) is 31.5 Å². The van der Waals surface area contributed by atoms with Crippen molar-refractivity contribution in [1.82, 2.24) is 0 Å². The number of carbonyl (C=O) groups excluding carboxylic acids is 2. The van der Waals surface area contributed by atoms with Crippen LogP contribution in [0.15, 0.2) is 48.6 Å². The quantitative estimate of drug-likeness (QED) is 0.167. The van der Waals surface area contributed by atoms with Crippen molar-refractivity contribution in [3.63, 3.8) is 0 Å². The highest BCUT2D eigenvalue weighted by Crippen LogP contribution is 2.27. The Balaban J connectivity index is 2.04. The zero-order valence-electron chi connectivity index (χ0n) is 18.2. The van der Waals surface area contributed by atoms with Gasteiger partial charge in [0.25, 0.3) is 0 Å². The van der Waals surface area contributed by atoms with Crippen LogP contribution >= 0.6 is 0 Å². The molecule has 0 bridgehead atoms. The molecule has 0 amide bonds. The Morgan fingerprint density at radius 2 is 1.33 bits per heavy atom. The second-order valence-electron chi connectivity index (χ2n) is 7.78. The van der Waals surface area contributed by atoms with Crippen LogP contribution in [-0.4, -0.2) is 11.9 Å². The molecule has 0 radical (unpaired) electrons. The normalized spacial score (nSPS) is 11.2. The van der Waals surface area contributed by atoms with E-state index < -0.39 is 58.8 Å². The molecule has 9 heteroatoms. The van der Waals surface area contributed by atoms with E-state index in [0.29, 0.717) is 11.1 Å². The monoisotopic (exact) mass is 468 g/mol. The Bertz CT molecular complexity index is 1090. The highest BCUT2D eigenvalue weighted by atomic mass is 19.2. The third-order valence-corrected chi connectivity index (χ3v) is 4.70. The molecule has 0 saturated carbocycles. The van der Waals surface area contributed by atoms with Gasteiger partial charge in [-0.15, -0.1) is 0 Å². The average Bonchev–Trinajstić information content (AvgIpc) is 2.76. The van der Waals surface area contributed by atoms with Gasteiger partial charge in [-0.25, -0.2) is 31.5 Å². The Morgan fingerprint density at radius 3 is 1.82 bits per heavy atom. The summed E-state index contributed by atoms with van der Waals surface area (Å²) in [5.74, 6) is -12.3. The fourth-order valence-corrected chi connectivity index (χ4v) is 2.74. The van der Waals surface area contributed by atoms with Gasteiger partial charge in [0, 0.05) is 17.6 Å². The molecule has 0 saturated heterocycles. The largest absolute Gasteiger partial charge is 0.457 e. The van der Waals surface area contributed by atoms with Crippen LogP contribution in [0.3, 0.4) is 0 Å². The lowest BCUT2D eigenvalue weighted by atomic mass is 9.95. The van der Waals surface area contributed by atoms with Crippen LogP contribution in [0.25, 0.3) is 0 Å². The maximum atomic E-state index is 13.7. The molecule has 176 valence electrons. The van der Waals surface area contributed by atoms with Crippen molar-refractivity contribution in [3.8, 4) is 0 Å². The van der Waals surface area contributed by atoms with Crippen LogP contribution in [0.4, 0.5) is 22.0 Å². The van der Waals surface area contributed by atoms with Gasteiger partial charge in [0.2, 0.25) is 5.82 Å². The lowest BCUT2D eigenvalue weighted by Gasteiger charge is -2.26. The van der Waals surface area contributed by atoms with E-state index in [4.69, 9.17) is 4.74 Å². The van der Waals surface area contributed by atoms with Crippen molar-refractivity contribution in [2.24, 2.45) is 0 Å². The number of ether oxygens (including phenoxy) is 2. The first-order chi connectivity index (χ1) is 15.3. The van der Waals surface area contributed by atoms with E-state index in [1.807, 2.05) is 0 Å². The van der Waals surface area contributed by atoms with Gasteiger partial charge in [-0.1, -0.05) is 37.4 Å². The summed E-state index contributed by atoms with van der Waals surface area (Å²) in [6, 6.07) is 6.64. The SMILES string of the molecule is C=C(C)C(=O)OC(C)(C)c1ccc(CC(=C)C(=O)OCc2c(F)c(F)c(F)c(F)c2F)cc1. The zero-order valence-corrected chi connectivity index (χ0v) is 18.2. The minimum absolute atomic E-state index is 0.0117. The Hall–Kier alpha value is -3.49. The zero-order chi connectivity index (χ0) is 25.1. The number of halogens is 5. The molecule has 0 aromatic heterocycles. The van der Waals surface area contributed by atoms with Crippen molar-refractivity contribution in [1.29, 1.82) is 0 Å². The summed E-state index contributed by atoms with van der Waals surface area (Å²) in [7, 11) is 0. The topological polar surface area (TPSA) is 52.6 Å². The van der Waals surface area contributed by atoms with E-state index in [-0.39, 0.29) is 17.6 Å². The minimum atomic E-state index is -2.30. The van der Waals surface area contributed by atoms with E-state index >= 15 is 0 Å². The van der Waals surface area contributed by atoms with Crippen LogP contribution in [0.5, 0.6) is 0 Å². The molecule has 0 N–H and O–H groups in total. The lowest BCUT2D eigenvalue weighted by Crippen LogP contribution is -2.25. The second kappa shape index (κ2) is 9.97. The number of hydrogen-bond acceptors (Lipinski definition) is 4. The lowest BCUT2D eigenvalue weighted by molar-refractivity contribution is -0.152. The fraction of sp³-hybridized carbons (Fsp3) is 0.250. The Kier molecular flexibility index (Phi) is 7.79. The first-order valence-electron chi connectivity index (χ1n) is 9.59. The molecule has 2 aromatic carbocycles. The van der Waals surface area contributed by atoms with Crippen LogP contribution in [0, 0.1) is 29.1 Å². The van der Waals surface area contributed by atoms with Crippen molar-refractivity contribution < 1.29 is 41.0 Å². The predicted octanol–water partition coefficient (Wildman–Crippen LogP) is 5.58. The highest BCUT2D eigenvalue weighted by Gasteiger charge is 2.27. The first kappa shape index (κ1) is 25.8. The highest BCUT2D eigenvalue weighted by molar-refractivity contribution is 5.88. The van der Waals surface area contributed by atoms with Crippen molar-refractivity contribution in [2.75, 3.05) is 0 Å².